The van der Waals surface area contributed by atoms with Crippen LogP contribution in [0.15, 0.2) is 53.5 Å². The fourth-order valence-corrected chi connectivity index (χ4v) is 22.9. The molecule has 7 aliphatic carbocycles. The number of esters is 1. The number of aliphatic imine (C=N–C) groups is 1. The second-order valence-electron chi connectivity index (χ2n) is 26.5. The molecule has 2 aromatic carbocycles. The van der Waals surface area contributed by atoms with E-state index in [0.29, 0.717) is 74.3 Å². The highest BCUT2D eigenvalue weighted by molar-refractivity contribution is 8.77. The number of carbonyl (C=O) groups excluding carboxylic acids is 2. The molecule has 0 aromatic heterocycles. The summed E-state index contributed by atoms with van der Waals surface area (Å²) in [5.74, 6) is 11.2. The highest BCUT2D eigenvalue weighted by Gasteiger charge is 2.65. The van der Waals surface area contributed by atoms with Crippen LogP contribution in [-0.2, 0) is 27.3 Å². The Morgan fingerprint density at radius 1 is 0.933 bits per heavy atom. The molecule has 6 aliphatic heterocycles. The van der Waals surface area contributed by atoms with Crippen molar-refractivity contribution >= 4 is 39.4 Å². The number of fused-ring (bicyclic) bond motifs is 8. The third-order valence-electron chi connectivity index (χ3n) is 22.6. The highest BCUT2D eigenvalue weighted by Crippen LogP contribution is 2.68. The number of amides is 1. The summed E-state index contributed by atoms with van der Waals surface area (Å²) in [5, 5.41) is 29.0. The van der Waals surface area contributed by atoms with Crippen molar-refractivity contribution in [1.82, 2.24) is 10.2 Å². The summed E-state index contributed by atoms with van der Waals surface area (Å²) in [6.07, 6.45) is 29.4. The van der Waals surface area contributed by atoms with Crippen molar-refractivity contribution in [3.05, 3.63) is 70.8 Å². The molecule has 402 valence electrons. The SMILES string of the molecule is CC(=O)O[C@@]12CCc3cc(c(O)c4c3[C@H]3C=C[C@@]5(CCC[C@H]5C3)O4)CN3C[C@]4(CC3=O)[C@H](c3ccccc3)CC[C@@]43C#CC[C@H]4CC[C@]5(CCC[C@@]5(NC(N)=NC3)SSCC3(CCCC3)CCC[C@H](CC1)[C@H](O)C2)C4. The van der Waals surface area contributed by atoms with Crippen LogP contribution < -0.4 is 15.8 Å². The van der Waals surface area contributed by atoms with Crippen LogP contribution in [0.4, 0.5) is 0 Å². The first-order chi connectivity index (χ1) is 36.3. The van der Waals surface area contributed by atoms with E-state index in [1.165, 1.54) is 70.3 Å². The molecule has 12 atom stereocenters. The van der Waals surface area contributed by atoms with Crippen LogP contribution in [0.3, 0.4) is 0 Å². The van der Waals surface area contributed by atoms with Crippen molar-refractivity contribution in [3.63, 3.8) is 0 Å². The Morgan fingerprint density at radius 3 is 2.61 bits per heavy atom. The number of guanidine groups is 1. The molecule has 1 amide bonds. The van der Waals surface area contributed by atoms with Gasteiger partial charge in [-0.15, -0.1) is 5.92 Å². The van der Waals surface area contributed by atoms with Crippen molar-refractivity contribution in [1.29, 1.82) is 0 Å². The number of carbonyl (C=O) groups is 2. The number of benzene rings is 2. The number of nitrogens with two attached hydrogens (primary N) is 1. The number of ether oxygens (including phenoxy) is 2. The molecule has 12 heteroatoms. The first kappa shape index (κ1) is 50.7. The van der Waals surface area contributed by atoms with Gasteiger partial charge in [0.05, 0.1) is 18.1 Å². The van der Waals surface area contributed by atoms with Crippen molar-refractivity contribution < 1.29 is 29.3 Å². The van der Waals surface area contributed by atoms with Crippen LogP contribution in [0.25, 0.3) is 0 Å². The summed E-state index contributed by atoms with van der Waals surface area (Å²) in [7, 11) is 4.17. The Bertz CT molecular complexity index is 2700. The number of phenols is 1. The van der Waals surface area contributed by atoms with Gasteiger partial charge in [0.1, 0.15) is 16.1 Å². The highest BCUT2D eigenvalue weighted by atomic mass is 33.1. The Labute approximate surface area is 454 Å². The minimum atomic E-state index is -0.807. The third-order valence-corrected chi connectivity index (χ3v) is 26.0. The molecule has 5 N–H and O–H groups in total. The van der Waals surface area contributed by atoms with E-state index in [2.05, 4.69) is 87.3 Å². The van der Waals surface area contributed by atoms with Crippen molar-refractivity contribution in [2.24, 2.45) is 50.1 Å². The molecule has 12 bridgehead atoms. The van der Waals surface area contributed by atoms with Gasteiger partial charge in [-0.2, -0.15) is 0 Å². The minimum Gasteiger partial charge on any atom is -0.504 e. The molecule has 6 saturated carbocycles. The maximum atomic E-state index is 15.2. The van der Waals surface area contributed by atoms with E-state index in [1.54, 1.807) is 0 Å². The fourth-order valence-electron chi connectivity index (χ4n) is 18.7. The zero-order chi connectivity index (χ0) is 51.3. The molecule has 75 heavy (non-hydrogen) atoms. The van der Waals surface area contributed by atoms with Crippen molar-refractivity contribution in [3.8, 4) is 23.3 Å². The average Bonchev–Trinajstić information content (AvgIpc) is 4.28. The quantitative estimate of drug-likeness (QED) is 0.0992. The summed E-state index contributed by atoms with van der Waals surface area (Å²) in [6.45, 7) is 2.67. The fraction of sp³-hybridized carbons (Fsp3) is 0.698. The van der Waals surface area contributed by atoms with Crippen LogP contribution in [0, 0.1) is 51.3 Å². The lowest BCUT2D eigenvalue weighted by molar-refractivity contribution is -0.169. The number of aliphatic hydroxyl groups excluding tert-OH is 1. The van der Waals surface area contributed by atoms with Gasteiger partial charge in [0.25, 0.3) is 0 Å². The number of aliphatic hydroxyl groups is 1. The van der Waals surface area contributed by atoms with E-state index in [0.717, 1.165) is 93.9 Å². The van der Waals surface area contributed by atoms with Crippen LogP contribution in [0.1, 0.15) is 202 Å². The molecule has 6 heterocycles. The Kier molecular flexibility index (Phi) is 13.0. The monoisotopic (exact) mass is 1050 g/mol. The molecule has 6 spiro atoms. The van der Waals surface area contributed by atoms with Gasteiger partial charge in [0.2, 0.25) is 5.91 Å². The number of hydrogen-bond acceptors (Lipinski definition) is 11. The number of allylic oxidation sites excluding steroid dienone is 1. The van der Waals surface area contributed by atoms with Crippen LogP contribution >= 0.6 is 21.6 Å². The van der Waals surface area contributed by atoms with Gasteiger partial charge in [-0.1, -0.05) is 83.2 Å². The predicted molar refractivity (Wildman–Crippen MR) is 298 cm³/mol. The molecular formula is C63H82N4O6S2. The molecule has 7 fully saturated rings. The number of phenolic OH excluding ortho intramolecular Hbond substituents is 1. The lowest BCUT2D eigenvalue weighted by atomic mass is 9.60. The van der Waals surface area contributed by atoms with Gasteiger partial charge in [-0.05, 0) is 175 Å². The van der Waals surface area contributed by atoms with E-state index in [9.17, 15) is 15.0 Å². The first-order valence-corrected chi connectivity index (χ1v) is 32.0. The Morgan fingerprint density at radius 2 is 1.77 bits per heavy atom. The summed E-state index contributed by atoms with van der Waals surface area (Å²) >= 11 is 0. The molecule has 10 nitrogen and oxygen atoms in total. The molecule has 0 radical (unpaired) electrons. The number of nitrogens with one attached hydrogen (secondary N) is 1. The van der Waals surface area contributed by atoms with Crippen LogP contribution in [0.5, 0.6) is 11.5 Å². The maximum absolute atomic E-state index is 15.2. The lowest BCUT2D eigenvalue weighted by Crippen LogP contribution is -2.56. The minimum absolute atomic E-state index is 0.0730. The lowest BCUT2D eigenvalue weighted by Gasteiger charge is -2.45. The number of nitrogens with zero attached hydrogens (tertiary/aromatic N) is 2. The topological polar surface area (TPSA) is 147 Å². The van der Waals surface area contributed by atoms with Crippen molar-refractivity contribution in [2.75, 3.05) is 18.8 Å². The van der Waals surface area contributed by atoms with Crippen LogP contribution in [0.2, 0.25) is 0 Å². The summed E-state index contributed by atoms with van der Waals surface area (Å²) < 4.78 is 13.6. The number of aryl methyl sites for hydroxylation is 1. The Hall–Kier alpha value is -3.79. The number of hydrogen-bond donors (Lipinski definition) is 4. The van der Waals surface area contributed by atoms with E-state index >= 15 is 4.79 Å². The standard InChI is InChI=1S/C63H82N4O6S2/c1-42(68)72-60-30-17-45(51(69)36-60)14-8-23-57(21-5-6-22-57)41-74-75-63-27-10-25-58(63)28-16-43(35-58)11-7-24-59(39-65-56(64)66-63)29-20-50(44-12-3-2-4-13-44)61(59)37-52(70)67(40-61)38-48-33-46(18-31-60)53-47-19-32-62(73-55(53)54(48)71)26-9-15-49(62)34-47/h2-4,12-13,19,32-33,43,45,47,49-51,69,71H,5-6,8-11,14-18,20-23,25-31,34-41H2,1H3,(H3,64,65,66)/t43-,45+,47-,49-,50-,51+,58+,59+,60+,61+,62+,63+/m0/s1. The van der Waals surface area contributed by atoms with Gasteiger partial charge >= 0.3 is 5.97 Å². The summed E-state index contributed by atoms with van der Waals surface area (Å²) in [5.41, 5.74) is 9.31. The second-order valence-corrected chi connectivity index (χ2v) is 29.1. The number of rotatable bonds is 2. The maximum Gasteiger partial charge on any atom is 0.303 e. The predicted octanol–water partition coefficient (Wildman–Crippen LogP) is 12.1. The molecule has 13 aliphatic rings. The average molecular weight is 1060 g/mol. The Balaban J connectivity index is 0.923. The van der Waals surface area contributed by atoms with Gasteiger partial charge in [0, 0.05) is 78.8 Å². The summed E-state index contributed by atoms with van der Waals surface area (Å²) in [4.78, 5) is 35.6. The zero-order valence-corrected chi connectivity index (χ0v) is 46.2. The van der Waals surface area contributed by atoms with E-state index in [4.69, 9.17) is 20.2 Å². The van der Waals surface area contributed by atoms with Gasteiger partial charge in [-0.3, -0.25) is 14.6 Å². The molecule has 2 aromatic rings. The molecular weight excluding hydrogens is 973 g/mol. The van der Waals surface area contributed by atoms with Crippen LogP contribution in [-0.4, -0.2) is 74.0 Å². The van der Waals surface area contributed by atoms with Gasteiger partial charge < -0.3 is 35.6 Å². The molecule has 15 rings (SSSR count). The van der Waals surface area contributed by atoms with E-state index in [1.807, 2.05) is 4.90 Å². The van der Waals surface area contributed by atoms with E-state index < -0.39 is 28.1 Å². The third kappa shape index (κ3) is 8.57. The van der Waals surface area contributed by atoms with Crippen molar-refractivity contribution in [2.45, 2.75) is 214 Å². The first-order valence-electron chi connectivity index (χ1n) is 29.6. The molecule has 1 saturated heterocycles. The van der Waals surface area contributed by atoms with Gasteiger partial charge in [0.15, 0.2) is 17.5 Å². The zero-order valence-electron chi connectivity index (χ0n) is 44.6. The van der Waals surface area contributed by atoms with Gasteiger partial charge in [-0.25, -0.2) is 0 Å². The second kappa shape index (κ2) is 19.2. The summed E-state index contributed by atoms with van der Waals surface area (Å²) in [6, 6.07) is 13.0. The normalized spacial score (nSPS) is 40.9. The largest absolute Gasteiger partial charge is 0.504 e. The van der Waals surface area contributed by atoms with E-state index in [-0.39, 0.29) is 57.6 Å². The molecule has 0 unspecified atom stereocenters. The smallest absolute Gasteiger partial charge is 0.303 e. The number of aromatic hydroxyl groups is 1.